The van der Waals surface area contributed by atoms with Crippen molar-refractivity contribution in [2.24, 2.45) is 11.7 Å². The zero-order valence-electron chi connectivity index (χ0n) is 16.2. The van der Waals surface area contributed by atoms with Crippen molar-refractivity contribution >= 4 is 5.91 Å². The Morgan fingerprint density at radius 1 is 1.33 bits per heavy atom. The van der Waals surface area contributed by atoms with Crippen LogP contribution in [0.25, 0.3) is 0 Å². The fourth-order valence-corrected chi connectivity index (χ4v) is 3.38. The third-order valence-corrected chi connectivity index (χ3v) is 4.97. The summed E-state index contributed by atoms with van der Waals surface area (Å²) in [6, 6.07) is 13.4. The average molecular weight is 368 g/mol. The van der Waals surface area contributed by atoms with E-state index in [0.717, 1.165) is 34.6 Å². The van der Waals surface area contributed by atoms with Gasteiger partial charge in [-0.3, -0.25) is 4.79 Å². The molecule has 0 saturated carbocycles. The van der Waals surface area contributed by atoms with Crippen molar-refractivity contribution < 1.29 is 14.3 Å². The maximum atomic E-state index is 12.6. The number of nitrogens with two attached hydrogens (primary N) is 1. The summed E-state index contributed by atoms with van der Waals surface area (Å²) in [5.41, 5.74) is 9.29. The predicted octanol–water partition coefficient (Wildman–Crippen LogP) is 3.36. The number of amides is 1. The van der Waals surface area contributed by atoms with E-state index >= 15 is 0 Å². The minimum Gasteiger partial charge on any atom is -0.494 e. The maximum Gasteiger partial charge on any atom is 0.225 e. The molecule has 144 valence electrons. The summed E-state index contributed by atoms with van der Waals surface area (Å²) in [6.07, 6.45) is 1.05. The first kappa shape index (κ1) is 19.2. The highest BCUT2D eigenvalue weighted by molar-refractivity contribution is 5.79. The van der Waals surface area contributed by atoms with Crippen molar-refractivity contribution in [1.82, 2.24) is 5.32 Å². The highest BCUT2D eigenvalue weighted by Crippen LogP contribution is 2.35. The van der Waals surface area contributed by atoms with Gasteiger partial charge in [0.1, 0.15) is 17.6 Å². The lowest BCUT2D eigenvalue weighted by Gasteiger charge is -2.20. The number of rotatable bonds is 7. The van der Waals surface area contributed by atoms with Gasteiger partial charge >= 0.3 is 0 Å². The molecule has 3 atom stereocenters. The summed E-state index contributed by atoms with van der Waals surface area (Å²) in [5, 5.41) is 3.00. The van der Waals surface area contributed by atoms with E-state index in [2.05, 4.69) is 12.2 Å². The molecule has 3 N–H and O–H groups in total. The minimum atomic E-state index is -0.346. The van der Waals surface area contributed by atoms with E-state index in [0.29, 0.717) is 13.2 Å². The number of hydrogen-bond donors (Lipinski definition) is 2. The molecule has 0 aromatic heterocycles. The molecular weight excluding hydrogens is 340 g/mol. The molecule has 2 aromatic rings. The van der Waals surface area contributed by atoms with E-state index in [-0.39, 0.29) is 24.0 Å². The molecule has 1 aliphatic rings. The largest absolute Gasteiger partial charge is 0.494 e. The van der Waals surface area contributed by atoms with E-state index in [4.69, 9.17) is 15.2 Å². The summed E-state index contributed by atoms with van der Waals surface area (Å²) in [7, 11) is 0. The predicted molar refractivity (Wildman–Crippen MR) is 106 cm³/mol. The van der Waals surface area contributed by atoms with Crippen LogP contribution < -0.4 is 20.5 Å². The SMILES string of the molecule is CCOc1cc2c(cc1CNC(=O)C(C)C(N)c1ccccc1)OC(C)C2. The molecule has 2 aromatic carbocycles. The first-order valence-electron chi connectivity index (χ1n) is 9.53. The number of hydrogen-bond acceptors (Lipinski definition) is 4. The Balaban J connectivity index is 1.68. The van der Waals surface area contributed by atoms with Crippen molar-refractivity contribution in [3.8, 4) is 11.5 Å². The second-order valence-electron chi connectivity index (χ2n) is 7.08. The zero-order valence-corrected chi connectivity index (χ0v) is 16.2. The molecule has 0 radical (unpaired) electrons. The Bertz CT molecular complexity index is 792. The van der Waals surface area contributed by atoms with Gasteiger partial charge in [0.25, 0.3) is 0 Å². The molecular formula is C22H28N2O3. The van der Waals surface area contributed by atoms with Crippen molar-refractivity contribution in [2.75, 3.05) is 6.61 Å². The van der Waals surface area contributed by atoms with Crippen LogP contribution in [0.4, 0.5) is 0 Å². The number of carbonyl (C=O) groups excluding carboxylic acids is 1. The van der Waals surface area contributed by atoms with Gasteiger partial charge in [-0.25, -0.2) is 0 Å². The zero-order chi connectivity index (χ0) is 19.4. The Kier molecular flexibility index (Phi) is 6.01. The summed E-state index contributed by atoms with van der Waals surface area (Å²) < 4.78 is 11.6. The van der Waals surface area contributed by atoms with Crippen LogP contribution in [-0.4, -0.2) is 18.6 Å². The van der Waals surface area contributed by atoms with Gasteiger partial charge in [0.15, 0.2) is 0 Å². The Morgan fingerprint density at radius 3 is 2.78 bits per heavy atom. The van der Waals surface area contributed by atoms with Crippen LogP contribution in [0.1, 0.15) is 43.5 Å². The molecule has 1 amide bonds. The first-order chi connectivity index (χ1) is 13.0. The molecule has 1 heterocycles. The molecule has 5 nitrogen and oxygen atoms in total. The summed E-state index contributed by atoms with van der Waals surface area (Å²) in [6.45, 7) is 6.81. The quantitative estimate of drug-likeness (QED) is 0.786. The standard InChI is InChI=1S/C22H28N2O3/c1-4-26-19-11-17-10-14(2)27-20(17)12-18(19)13-24-22(25)15(3)21(23)16-8-6-5-7-9-16/h5-9,11-12,14-15,21H,4,10,13,23H2,1-3H3,(H,24,25). The molecule has 3 rings (SSSR count). The topological polar surface area (TPSA) is 73.6 Å². The van der Waals surface area contributed by atoms with E-state index in [1.165, 1.54) is 0 Å². The van der Waals surface area contributed by atoms with Gasteiger partial charge in [-0.15, -0.1) is 0 Å². The van der Waals surface area contributed by atoms with Gasteiger partial charge in [-0.1, -0.05) is 37.3 Å². The van der Waals surface area contributed by atoms with Crippen molar-refractivity contribution in [1.29, 1.82) is 0 Å². The Labute approximate surface area is 160 Å². The Morgan fingerprint density at radius 2 is 2.07 bits per heavy atom. The number of benzene rings is 2. The van der Waals surface area contributed by atoms with Crippen LogP contribution in [0.15, 0.2) is 42.5 Å². The second kappa shape index (κ2) is 8.44. The molecule has 0 saturated heterocycles. The van der Waals surface area contributed by atoms with Crippen LogP contribution in [-0.2, 0) is 17.8 Å². The second-order valence-corrected chi connectivity index (χ2v) is 7.08. The Hall–Kier alpha value is -2.53. The monoisotopic (exact) mass is 368 g/mol. The maximum absolute atomic E-state index is 12.6. The fraction of sp³-hybridized carbons (Fsp3) is 0.409. The van der Waals surface area contributed by atoms with Crippen LogP contribution in [0.5, 0.6) is 11.5 Å². The fourth-order valence-electron chi connectivity index (χ4n) is 3.38. The highest BCUT2D eigenvalue weighted by atomic mass is 16.5. The third-order valence-electron chi connectivity index (χ3n) is 4.97. The van der Waals surface area contributed by atoms with Crippen molar-refractivity contribution in [3.05, 3.63) is 59.2 Å². The number of carbonyl (C=O) groups is 1. The first-order valence-corrected chi connectivity index (χ1v) is 9.53. The normalized spacial score (nSPS) is 17.6. The molecule has 0 fully saturated rings. The van der Waals surface area contributed by atoms with E-state index in [1.807, 2.05) is 56.3 Å². The molecule has 0 aliphatic carbocycles. The van der Waals surface area contributed by atoms with Crippen molar-refractivity contribution in [2.45, 2.75) is 45.9 Å². The summed E-state index contributed by atoms with van der Waals surface area (Å²) in [4.78, 5) is 12.6. The summed E-state index contributed by atoms with van der Waals surface area (Å²) in [5.74, 6) is 1.26. The van der Waals surface area contributed by atoms with Crippen LogP contribution in [0.3, 0.4) is 0 Å². The molecule has 0 bridgehead atoms. The highest BCUT2D eigenvalue weighted by Gasteiger charge is 2.24. The van der Waals surface area contributed by atoms with E-state index < -0.39 is 0 Å². The van der Waals surface area contributed by atoms with E-state index in [9.17, 15) is 4.79 Å². The minimum absolute atomic E-state index is 0.0800. The van der Waals surface area contributed by atoms with Gasteiger partial charge in [-0.05, 0) is 31.5 Å². The lowest BCUT2D eigenvalue weighted by molar-refractivity contribution is -0.125. The van der Waals surface area contributed by atoms with Gasteiger partial charge in [-0.2, -0.15) is 0 Å². The lowest BCUT2D eigenvalue weighted by atomic mass is 9.94. The number of ether oxygens (including phenoxy) is 2. The number of fused-ring (bicyclic) bond motifs is 1. The van der Waals surface area contributed by atoms with Gasteiger partial charge in [0.05, 0.1) is 12.5 Å². The third kappa shape index (κ3) is 4.42. The molecule has 1 aliphatic heterocycles. The van der Waals surface area contributed by atoms with Crippen LogP contribution in [0, 0.1) is 5.92 Å². The van der Waals surface area contributed by atoms with E-state index in [1.54, 1.807) is 0 Å². The summed E-state index contributed by atoms with van der Waals surface area (Å²) >= 11 is 0. The van der Waals surface area contributed by atoms with Gasteiger partial charge in [0, 0.05) is 30.1 Å². The lowest BCUT2D eigenvalue weighted by Crippen LogP contribution is -2.35. The molecule has 0 spiro atoms. The smallest absolute Gasteiger partial charge is 0.225 e. The van der Waals surface area contributed by atoms with Gasteiger partial charge < -0.3 is 20.5 Å². The van der Waals surface area contributed by atoms with Gasteiger partial charge in [0.2, 0.25) is 5.91 Å². The van der Waals surface area contributed by atoms with Crippen LogP contribution >= 0.6 is 0 Å². The molecule has 3 unspecified atom stereocenters. The molecule has 27 heavy (non-hydrogen) atoms. The molecule has 5 heteroatoms. The van der Waals surface area contributed by atoms with Crippen molar-refractivity contribution in [3.63, 3.8) is 0 Å². The van der Waals surface area contributed by atoms with Crippen LogP contribution in [0.2, 0.25) is 0 Å². The number of nitrogens with one attached hydrogen (secondary N) is 1. The average Bonchev–Trinajstić information content (AvgIpc) is 3.04.